The van der Waals surface area contributed by atoms with Gasteiger partial charge in [0.25, 0.3) is 0 Å². The molecule has 0 saturated carbocycles. The highest BCUT2D eigenvalue weighted by Gasteiger charge is 2.30. The second kappa shape index (κ2) is 6.52. The van der Waals surface area contributed by atoms with Crippen LogP contribution in [-0.4, -0.2) is 55.6 Å². The minimum absolute atomic E-state index is 0.0344. The largest absolute Gasteiger partial charge is 0.340 e. The molecule has 3 rings (SSSR count). The summed E-state index contributed by atoms with van der Waals surface area (Å²) in [5.74, 6) is -0.0717. The second-order valence-electron chi connectivity index (χ2n) is 6.13. The quantitative estimate of drug-likeness (QED) is 0.854. The molecule has 1 N–H and O–H groups in total. The topological polar surface area (TPSA) is 86.8 Å². The molecule has 1 aromatic rings. The lowest BCUT2D eigenvalue weighted by Crippen LogP contribution is -2.49. The van der Waals surface area contributed by atoms with E-state index in [0.717, 1.165) is 5.56 Å². The summed E-state index contributed by atoms with van der Waals surface area (Å²) in [6, 6.07) is 4.86. The number of benzene rings is 1. The Bertz CT molecular complexity index is 768. The Morgan fingerprint density at radius 3 is 2.50 bits per heavy atom. The molecule has 8 heteroatoms. The molecule has 0 aromatic heterocycles. The molecule has 0 unspecified atom stereocenters. The Labute approximate surface area is 141 Å². The molecule has 130 valence electrons. The van der Waals surface area contributed by atoms with E-state index in [2.05, 4.69) is 5.32 Å². The lowest BCUT2D eigenvalue weighted by Gasteiger charge is -2.33. The average Bonchev–Trinajstić information content (AvgIpc) is 2.74. The fourth-order valence-corrected chi connectivity index (χ4v) is 4.58. The van der Waals surface area contributed by atoms with Gasteiger partial charge in [-0.1, -0.05) is 0 Å². The van der Waals surface area contributed by atoms with Crippen molar-refractivity contribution in [1.29, 1.82) is 0 Å². The molecule has 1 fully saturated rings. The third-order valence-corrected chi connectivity index (χ3v) is 6.42. The number of rotatable bonds is 2. The molecule has 2 aliphatic heterocycles. The maximum atomic E-state index is 12.8. The van der Waals surface area contributed by atoms with Crippen molar-refractivity contribution in [3.63, 3.8) is 0 Å². The Hall–Kier alpha value is -1.93. The molecular weight excluding hydrogens is 330 g/mol. The lowest BCUT2D eigenvalue weighted by atomic mass is 10.1. The second-order valence-corrected chi connectivity index (χ2v) is 8.07. The summed E-state index contributed by atoms with van der Waals surface area (Å²) < 4.78 is 27.1. The molecule has 7 nitrogen and oxygen atoms in total. The zero-order valence-electron chi connectivity index (χ0n) is 13.6. The van der Waals surface area contributed by atoms with Crippen LogP contribution in [0.2, 0.25) is 0 Å². The van der Waals surface area contributed by atoms with E-state index < -0.39 is 10.0 Å². The van der Waals surface area contributed by atoms with Crippen LogP contribution in [-0.2, 0) is 26.0 Å². The first-order valence-corrected chi connectivity index (χ1v) is 9.50. The van der Waals surface area contributed by atoms with E-state index in [1.54, 1.807) is 17.0 Å². The zero-order chi connectivity index (χ0) is 17.3. The number of nitrogens with zero attached hydrogens (tertiary/aromatic N) is 2. The molecule has 0 radical (unpaired) electrons. The van der Waals surface area contributed by atoms with Crippen LogP contribution in [0.4, 0.5) is 5.69 Å². The van der Waals surface area contributed by atoms with Gasteiger partial charge < -0.3 is 10.2 Å². The van der Waals surface area contributed by atoms with Crippen LogP contribution in [0.1, 0.15) is 25.3 Å². The maximum absolute atomic E-state index is 12.8. The number of carbonyl (C=O) groups is 2. The highest BCUT2D eigenvalue weighted by Crippen LogP contribution is 2.27. The van der Waals surface area contributed by atoms with Gasteiger partial charge in [-0.25, -0.2) is 8.42 Å². The summed E-state index contributed by atoms with van der Waals surface area (Å²) in [6.07, 6.45) is 1.83. The number of nitrogens with one attached hydrogen (secondary N) is 1. The lowest BCUT2D eigenvalue weighted by molar-refractivity contribution is -0.130. The molecule has 0 bridgehead atoms. The van der Waals surface area contributed by atoms with Crippen LogP contribution in [0, 0.1) is 0 Å². The minimum Gasteiger partial charge on any atom is -0.340 e. The number of aryl methyl sites for hydroxylation is 1. The van der Waals surface area contributed by atoms with Crippen molar-refractivity contribution in [2.75, 3.05) is 31.5 Å². The molecule has 0 aliphatic carbocycles. The van der Waals surface area contributed by atoms with Gasteiger partial charge in [-0.3, -0.25) is 9.59 Å². The van der Waals surface area contributed by atoms with Gasteiger partial charge in [0.2, 0.25) is 21.8 Å². The summed E-state index contributed by atoms with van der Waals surface area (Å²) in [7, 11) is -3.59. The summed E-state index contributed by atoms with van der Waals surface area (Å²) in [4.78, 5) is 24.9. The van der Waals surface area contributed by atoms with Crippen molar-refractivity contribution < 1.29 is 18.0 Å². The average molecular weight is 351 g/mol. The molecular formula is C16H21N3O4S. The molecule has 1 saturated heterocycles. The van der Waals surface area contributed by atoms with Crippen molar-refractivity contribution in [2.45, 2.75) is 31.1 Å². The predicted molar refractivity (Wildman–Crippen MR) is 89.0 cm³/mol. The minimum atomic E-state index is -3.59. The van der Waals surface area contributed by atoms with E-state index in [9.17, 15) is 18.0 Å². The SMILES string of the molecule is CC(=O)N1CCN(S(=O)(=O)c2ccc3c(c2)CCCC(=O)N3)CC1. The highest BCUT2D eigenvalue weighted by molar-refractivity contribution is 7.89. The van der Waals surface area contributed by atoms with Crippen LogP contribution >= 0.6 is 0 Å². The first-order chi connectivity index (χ1) is 11.4. The van der Waals surface area contributed by atoms with Gasteiger partial charge in [-0.05, 0) is 36.6 Å². The van der Waals surface area contributed by atoms with Crippen LogP contribution < -0.4 is 5.32 Å². The molecule has 24 heavy (non-hydrogen) atoms. The van der Waals surface area contributed by atoms with Gasteiger partial charge in [0.15, 0.2) is 0 Å². The molecule has 2 aliphatic rings. The zero-order valence-corrected chi connectivity index (χ0v) is 14.4. The van der Waals surface area contributed by atoms with Gasteiger partial charge in [-0.2, -0.15) is 4.31 Å². The number of hydrogen-bond donors (Lipinski definition) is 1. The van der Waals surface area contributed by atoms with Crippen molar-refractivity contribution in [3.8, 4) is 0 Å². The number of sulfonamides is 1. The molecule has 0 spiro atoms. The third kappa shape index (κ3) is 3.29. The fourth-order valence-electron chi connectivity index (χ4n) is 3.10. The normalized spacial score (nSPS) is 19.4. The highest BCUT2D eigenvalue weighted by atomic mass is 32.2. The van der Waals surface area contributed by atoms with Gasteiger partial charge in [0.1, 0.15) is 0 Å². The smallest absolute Gasteiger partial charge is 0.243 e. The molecule has 2 heterocycles. The van der Waals surface area contributed by atoms with Gasteiger partial charge >= 0.3 is 0 Å². The summed E-state index contributed by atoms with van der Waals surface area (Å²) in [5, 5.41) is 2.81. The summed E-state index contributed by atoms with van der Waals surface area (Å²) in [6.45, 7) is 2.92. The predicted octanol–water partition coefficient (Wildman–Crippen LogP) is 0.814. The molecule has 1 aromatic carbocycles. The number of piperazine rings is 1. The van der Waals surface area contributed by atoms with Crippen molar-refractivity contribution in [3.05, 3.63) is 23.8 Å². The van der Waals surface area contributed by atoms with Crippen molar-refractivity contribution >= 4 is 27.5 Å². The Balaban J connectivity index is 1.82. The van der Waals surface area contributed by atoms with Crippen molar-refractivity contribution in [1.82, 2.24) is 9.21 Å². The van der Waals surface area contributed by atoms with Crippen LogP contribution in [0.5, 0.6) is 0 Å². The van der Waals surface area contributed by atoms with E-state index in [0.29, 0.717) is 51.1 Å². The first-order valence-electron chi connectivity index (χ1n) is 8.06. The van der Waals surface area contributed by atoms with E-state index in [1.807, 2.05) is 0 Å². The van der Waals surface area contributed by atoms with E-state index >= 15 is 0 Å². The van der Waals surface area contributed by atoms with E-state index in [-0.39, 0.29) is 16.7 Å². The number of carbonyl (C=O) groups excluding carboxylic acids is 2. The number of fused-ring (bicyclic) bond motifs is 1. The van der Waals surface area contributed by atoms with Crippen LogP contribution in [0.25, 0.3) is 0 Å². The standard InChI is InChI=1S/C16H21N3O4S/c1-12(20)18-7-9-19(10-8-18)24(22,23)14-5-6-15-13(11-14)3-2-4-16(21)17-15/h5-6,11H,2-4,7-10H2,1H3,(H,17,21). The first kappa shape index (κ1) is 16.9. The van der Waals surface area contributed by atoms with Crippen LogP contribution in [0.15, 0.2) is 23.1 Å². The van der Waals surface area contributed by atoms with Gasteiger partial charge in [0.05, 0.1) is 4.90 Å². The number of anilines is 1. The van der Waals surface area contributed by atoms with Crippen LogP contribution in [0.3, 0.4) is 0 Å². The monoisotopic (exact) mass is 351 g/mol. The van der Waals surface area contributed by atoms with Gasteiger partial charge in [-0.15, -0.1) is 0 Å². The molecule has 2 amide bonds. The maximum Gasteiger partial charge on any atom is 0.243 e. The summed E-state index contributed by atoms with van der Waals surface area (Å²) in [5.41, 5.74) is 1.54. The fraction of sp³-hybridized carbons (Fsp3) is 0.500. The van der Waals surface area contributed by atoms with Crippen molar-refractivity contribution in [2.24, 2.45) is 0 Å². The van der Waals surface area contributed by atoms with E-state index in [1.165, 1.54) is 17.3 Å². The number of amides is 2. The van der Waals surface area contributed by atoms with Gasteiger partial charge in [0, 0.05) is 45.2 Å². The third-order valence-electron chi connectivity index (χ3n) is 4.52. The Morgan fingerprint density at radius 2 is 1.83 bits per heavy atom. The Kier molecular flexibility index (Phi) is 4.60. The summed E-state index contributed by atoms with van der Waals surface area (Å²) >= 11 is 0. The van der Waals surface area contributed by atoms with E-state index in [4.69, 9.17) is 0 Å². The Morgan fingerprint density at radius 1 is 1.12 bits per heavy atom. The number of hydrogen-bond acceptors (Lipinski definition) is 4. The molecule has 0 atom stereocenters.